The lowest BCUT2D eigenvalue weighted by Crippen LogP contribution is -2.13. The van der Waals surface area contributed by atoms with Crippen LogP contribution in [0.5, 0.6) is 11.5 Å². The van der Waals surface area contributed by atoms with Crippen LogP contribution in [0.1, 0.15) is 18.9 Å². The van der Waals surface area contributed by atoms with Gasteiger partial charge >= 0.3 is 0 Å². The molecule has 0 aliphatic rings. The first-order chi connectivity index (χ1) is 9.80. The highest BCUT2D eigenvalue weighted by atomic mass is 16.5. The predicted octanol–water partition coefficient (Wildman–Crippen LogP) is 2.59. The summed E-state index contributed by atoms with van der Waals surface area (Å²) in [5.41, 5.74) is 3.19. The predicted molar refractivity (Wildman–Crippen MR) is 79.1 cm³/mol. The third-order valence-electron chi connectivity index (χ3n) is 3.13. The van der Waals surface area contributed by atoms with Crippen LogP contribution >= 0.6 is 0 Å². The van der Waals surface area contributed by atoms with Crippen molar-refractivity contribution >= 4 is 0 Å². The Morgan fingerprint density at radius 2 is 2.00 bits per heavy atom. The maximum Gasteiger partial charge on any atom is 0.161 e. The molecule has 0 saturated carbocycles. The van der Waals surface area contributed by atoms with Crippen LogP contribution in [0.15, 0.2) is 24.4 Å². The van der Waals surface area contributed by atoms with E-state index >= 15 is 0 Å². The minimum absolute atomic E-state index is 0.715. The molecule has 2 N–H and O–H groups in total. The Morgan fingerprint density at radius 1 is 1.20 bits per heavy atom. The second-order valence-corrected chi connectivity index (χ2v) is 4.52. The highest BCUT2D eigenvalue weighted by Gasteiger charge is 2.11. The van der Waals surface area contributed by atoms with Gasteiger partial charge < -0.3 is 14.8 Å². The molecule has 20 heavy (non-hydrogen) atoms. The van der Waals surface area contributed by atoms with E-state index in [1.54, 1.807) is 14.2 Å². The van der Waals surface area contributed by atoms with Crippen molar-refractivity contribution in [3.05, 3.63) is 30.0 Å². The number of H-pyrrole nitrogens is 1. The number of aromatic nitrogens is 2. The van der Waals surface area contributed by atoms with E-state index < -0.39 is 0 Å². The van der Waals surface area contributed by atoms with E-state index in [1.165, 1.54) is 0 Å². The van der Waals surface area contributed by atoms with Gasteiger partial charge in [-0.25, -0.2) is 0 Å². The van der Waals surface area contributed by atoms with Gasteiger partial charge in [0.1, 0.15) is 0 Å². The van der Waals surface area contributed by atoms with Gasteiger partial charge in [0.15, 0.2) is 11.5 Å². The highest BCUT2D eigenvalue weighted by Crippen LogP contribution is 2.32. The lowest BCUT2D eigenvalue weighted by molar-refractivity contribution is 0.355. The lowest BCUT2D eigenvalue weighted by atomic mass is 10.1. The molecule has 5 heteroatoms. The third-order valence-corrected chi connectivity index (χ3v) is 3.13. The number of aromatic amines is 1. The molecule has 0 amide bonds. The summed E-state index contributed by atoms with van der Waals surface area (Å²) < 4.78 is 10.6. The first-order valence-corrected chi connectivity index (χ1v) is 6.75. The van der Waals surface area contributed by atoms with Crippen LogP contribution in [0.2, 0.25) is 0 Å². The average Bonchev–Trinajstić information content (AvgIpc) is 2.95. The summed E-state index contributed by atoms with van der Waals surface area (Å²) in [5.74, 6) is 1.44. The summed E-state index contributed by atoms with van der Waals surface area (Å²) in [5, 5.41) is 10.6. The monoisotopic (exact) mass is 275 g/mol. The molecule has 1 aromatic carbocycles. The Hall–Kier alpha value is -2.01. The molecule has 0 aliphatic carbocycles. The SMILES string of the molecule is CCCNCc1cn[nH]c1-c1ccc(OC)c(OC)c1. The number of rotatable bonds is 7. The zero-order chi connectivity index (χ0) is 14.4. The lowest BCUT2D eigenvalue weighted by Gasteiger charge is -2.10. The Labute approximate surface area is 119 Å². The Morgan fingerprint density at radius 3 is 2.70 bits per heavy atom. The highest BCUT2D eigenvalue weighted by molar-refractivity contribution is 5.66. The summed E-state index contributed by atoms with van der Waals surface area (Å²) in [6.07, 6.45) is 2.97. The summed E-state index contributed by atoms with van der Waals surface area (Å²) in [7, 11) is 3.27. The molecule has 0 saturated heterocycles. The number of hydrogen-bond acceptors (Lipinski definition) is 4. The van der Waals surface area contributed by atoms with Crippen LogP contribution in [0.3, 0.4) is 0 Å². The number of ether oxygens (including phenoxy) is 2. The topological polar surface area (TPSA) is 59.2 Å². The molecular weight excluding hydrogens is 254 g/mol. The summed E-state index contributed by atoms with van der Waals surface area (Å²) in [6, 6.07) is 5.85. The van der Waals surface area contributed by atoms with E-state index in [1.807, 2.05) is 24.4 Å². The number of methoxy groups -OCH3 is 2. The van der Waals surface area contributed by atoms with Crippen molar-refractivity contribution in [1.29, 1.82) is 0 Å². The van der Waals surface area contributed by atoms with Crippen LogP contribution in [-0.4, -0.2) is 31.0 Å². The van der Waals surface area contributed by atoms with E-state index in [-0.39, 0.29) is 0 Å². The molecule has 0 fully saturated rings. The molecule has 108 valence electrons. The Kier molecular flexibility index (Phi) is 5.01. The van der Waals surface area contributed by atoms with Crippen LogP contribution < -0.4 is 14.8 Å². The quantitative estimate of drug-likeness (QED) is 0.763. The fourth-order valence-electron chi connectivity index (χ4n) is 2.09. The molecule has 2 rings (SSSR count). The fourth-order valence-corrected chi connectivity index (χ4v) is 2.09. The second-order valence-electron chi connectivity index (χ2n) is 4.52. The number of nitrogens with one attached hydrogen (secondary N) is 2. The second kappa shape index (κ2) is 6.96. The van der Waals surface area contributed by atoms with E-state index in [0.29, 0.717) is 5.75 Å². The molecular formula is C15H21N3O2. The van der Waals surface area contributed by atoms with Gasteiger partial charge in [0, 0.05) is 17.7 Å². The van der Waals surface area contributed by atoms with Gasteiger partial charge in [-0.15, -0.1) is 0 Å². The van der Waals surface area contributed by atoms with Crippen LogP contribution in [0.4, 0.5) is 0 Å². The summed E-state index contributed by atoms with van der Waals surface area (Å²) in [6.45, 7) is 3.95. The zero-order valence-electron chi connectivity index (χ0n) is 12.2. The fraction of sp³-hybridized carbons (Fsp3) is 0.400. The van der Waals surface area contributed by atoms with Crippen molar-refractivity contribution in [2.45, 2.75) is 19.9 Å². The van der Waals surface area contributed by atoms with E-state index in [0.717, 1.165) is 42.1 Å². The van der Waals surface area contributed by atoms with Gasteiger partial charge in [0.2, 0.25) is 0 Å². The molecule has 0 radical (unpaired) electrons. The summed E-state index contributed by atoms with van der Waals surface area (Å²) >= 11 is 0. The minimum Gasteiger partial charge on any atom is -0.493 e. The standard InChI is InChI=1S/C15H21N3O2/c1-4-7-16-9-12-10-17-18-15(12)11-5-6-13(19-2)14(8-11)20-3/h5-6,8,10,16H,4,7,9H2,1-3H3,(H,17,18). The van der Waals surface area contributed by atoms with Crippen molar-refractivity contribution in [3.63, 3.8) is 0 Å². The maximum absolute atomic E-state index is 5.34. The van der Waals surface area contributed by atoms with Crippen molar-refractivity contribution < 1.29 is 9.47 Å². The number of hydrogen-bond donors (Lipinski definition) is 2. The molecule has 0 unspecified atom stereocenters. The molecule has 5 nitrogen and oxygen atoms in total. The number of benzene rings is 1. The van der Waals surface area contributed by atoms with Crippen LogP contribution in [-0.2, 0) is 6.54 Å². The largest absolute Gasteiger partial charge is 0.493 e. The maximum atomic E-state index is 5.34. The molecule has 1 heterocycles. The first-order valence-electron chi connectivity index (χ1n) is 6.75. The van der Waals surface area contributed by atoms with Gasteiger partial charge in [0.05, 0.1) is 26.1 Å². The van der Waals surface area contributed by atoms with E-state index in [4.69, 9.17) is 9.47 Å². The van der Waals surface area contributed by atoms with Crippen molar-refractivity contribution in [2.75, 3.05) is 20.8 Å². The molecule has 0 spiro atoms. The number of nitrogens with zero attached hydrogens (tertiary/aromatic N) is 1. The molecule has 0 bridgehead atoms. The molecule has 0 aliphatic heterocycles. The van der Waals surface area contributed by atoms with Gasteiger partial charge in [-0.1, -0.05) is 6.92 Å². The van der Waals surface area contributed by atoms with Crippen molar-refractivity contribution in [1.82, 2.24) is 15.5 Å². The van der Waals surface area contributed by atoms with E-state index in [9.17, 15) is 0 Å². The van der Waals surface area contributed by atoms with Crippen molar-refractivity contribution in [2.24, 2.45) is 0 Å². The van der Waals surface area contributed by atoms with Crippen LogP contribution in [0.25, 0.3) is 11.3 Å². The zero-order valence-corrected chi connectivity index (χ0v) is 12.2. The molecule has 1 aromatic heterocycles. The van der Waals surface area contributed by atoms with Gasteiger partial charge in [0.25, 0.3) is 0 Å². The smallest absolute Gasteiger partial charge is 0.161 e. The van der Waals surface area contributed by atoms with Gasteiger partial charge in [-0.05, 0) is 31.2 Å². The normalized spacial score (nSPS) is 10.6. The average molecular weight is 275 g/mol. The van der Waals surface area contributed by atoms with Crippen molar-refractivity contribution in [3.8, 4) is 22.8 Å². The van der Waals surface area contributed by atoms with Gasteiger partial charge in [-0.3, -0.25) is 5.10 Å². The summed E-state index contributed by atoms with van der Waals surface area (Å²) in [4.78, 5) is 0. The third kappa shape index (κ3) is 3.11. The molecule has 2 aromatic rings. The van der Waals surface area contributed by atoms with Crippen LogP contribution in [0, 0.1) is 0 Å². The Bertz CT molecular complexity index is 552. The minimum atomic E-state index is 0.715. The first kappa shape index (κ1) is 14.4. The molecule has 0 atom stereocenters. The van der Waals surface area contributed by atoms with Gasteiger partial charge in [-0.2, -0.15) is 5.10 Å². The Balaban J connectivity index is 2.25. The van der Waals surface area contributed by atoms with E-state index in [2.05, 4.69) is 22.4 Å².